The summed E-state index contributed by atoms with van der Waals surface area (Å²) in [6, 6.07) is 5.20. The minimum atomic E-state index is -3.40. The largest absolute Gasteiger partial charge is 0.399 e. The highest BCUT2D eigenvalue weighted by Crippen LogP contribution is 2.33. The third kappa shape index (κ3) is 3.33. The Bertz CT molecular complexity index is 578. The molecule has 4 nitrogen and oxygen atoms in total. The van der Waals surface area contributed by atoms with Gasteiger partial charge in [0.25, 0.3) is 0 Å². The quantitative estimate of drug-likeness (QED) is 0.821. The van der Waals surface area contributed by atoms with Crippen LogP contribution < -0.4 is 5.73 Å². The molecule has 1 fully saturated rings. The number of hydrogen-bond acceptors (Lipinski definition) is 3. The van der Waals surface area contributed by atoms with Crippen LogP contribution >= 0.6 is 0 Å². The van der Waals surface area contributed by atoms with Gasteiger partial charge in [0, 0.05) is 18.3 Å². The fourth-order valence-corrected chi connectivity index (χ4v) is 4.24. The highest BCUT2D eigenvalue weighted by Gasteiger charge is 2.38. The van der Waals surface area contributed by atoms with Crippen molar-refractivity contribution < 1.29 is 8.42 Å². The highest BCUT2D eigenvalue weighted by atomic mass is 32.2. The van der Waals surface area contributed by atoms with E-state index in [4.69, 9.17) is 5.73 Å². The number of nitrogens with zero attached hydrogens (tertiary/aromatic N) is 1. The van der Waals surface area contributed by atoms with E-state index in [0.29, 0.717) is 23.0 Å². The fraction of sp³-hybridized carbons (Fsp3) is 0.600. The van der Waals surface area contributed by atoms with Crippen molar-refractivity contribution in [2.24, 2.45) is 5.92 Å². The predicted molar refractivity (Wildman–Crippen MR) is 82.0 cm³/mol. The molecule has 0 aliphatic heterocycles. The molecule has 1 aromatic rings. The molecule has 20 heavy (non-hydrogen) atoms. The number of hydrogen-bond donors (Lipinski definition) is 1. The Kier molecular flexibility index (Phi) is 4.39. The predicted octanol–water partition coefficient (Wildman–Crippen LogP) is 2.78. The number of benzene rings is 1. The minimum Gasteiger partial charge on any atom is -0.399 e. The molecule has 1 aromatic carbocycles. The summed E-state index contributed by atoms with van der Waals surface area (Å²) in [5, 5.41) is 0. The summed E-state index contributed by atoms with van der Waals surface area (Å²) in [6.45, 7) is 6.64. The molecule has 2 N–H and O–H groups in total. The zero-order valence-corrected chi connectivity index (χ0v) is 13.3. The smallest absolute Gasteiger partial charge is 0.243 e. The van der Waals surface area contributed by atoms with Gasteiger partial charge in [-0.3, -0.25) is 0 Å². The second-order valence-electron chi connectivity index (χ2n) is 6.05. The van der Waals surface area contributed by atoms with Crippen LogP contribution in [0.25, 0.3) is 0 Å². The summed E-state index contributed by atoms with van der Waals surface area (Å²) >= 11 is 0. The lowest BCUT2D eigenvalue weighted by molar-refractivity contribution is 0.373. The van der Waals surface area contributed by atoms with Crippen LogP contribution in [0, 0.1) is 12.8 Å². The Morgan fingerprint density at radius 2 is 2.00 bits per heavy atom. The molecule has 0 atom stereocenters. The number of sulfonamides is 1. The van der Waals surface area contributed by atoms with Gasteiger partial charge in [-0.15, -0.1) is 0 Å². The maximum absolute atomic E-state index is 12.8. The molecule has 0 radical (unpaired) electrons. The van der Waals surface area contributed by atoms with Gasteiger partial charge in [-0.05, 0) is 55.9 Å². The summed E-state index contributed by atoms with van der Waals surface area (Å²) in [7, 11) is -3.40. The normalized spacial score (nSPS) is 16.1. The Balaban J connectivity index is 2.30. The minimum absolute atomic E-state index is 0.190. The number of nitrogens with two attached hydrogens (primary N) is 1. The van der Waals surface area contributed by atoms with Crippen molar-refractivity contribution in [2.75, 3.05) is 12.3 Å². The third-order valence-electron chi connectivity index (χ3n) is 3.67. The van der Waals surface area contributed by atoms with Gasteiger partial charge >= 0.3 is 0 Å². The second-order valence-corrected chi connectivity index (χ2v) is 7.91. The molecule has 0 amide bonds. The molecule has 1 saturated carbocycles. The Labute approximate surface area is 122 Å². The van der Waals surface area contributed by atoms with Gasteiger partial charge in [-0.25, -0.2) is 8.42 Å². The molecule has 0 saturated heterocycles. The molecule has 0 bridgehead atoms. The van der Waals surface area contributed by atoms with Crippen LogP contribution in [0.15, 0.2) is 23.1 Å². The molecule has 1 aliphatic carbocycles. The summed E-state index contributed by atoms with van der Waals surface area (Å²) in [5.74, 6) is 0.499. The molecule has 0 heterocycles. The zero-order chi connectivity index (χ0) is 14.9. The number of rotatable bonds is 6. The number of nitrogen functional groups attached to an aromatic ring is 1. The average molecular weight is 296 g/mol. The van der Waals surface area contributed by atoms with E-state index in [9.17, 15) is 8.42 Å². The SMILES string of the molecule is Cc1cc(N)ccc1S(=O)(=O)N(CCC(C)C)C1CC1. The van der Waals surface area contributed by atoms with Crippen LogP contribution in [0.2, 0.25) is 0 Å². The first-order valence-corrected chi connectivity index (χ1v) is 8.64. The topological polar surface area (TPSA) is 63.4 Å². The van der Waals surface area contributed by atoms with Crippen molar-refractivity contribution in [3.8, 4) is 0 Å². The molecule has 112 valence electrons. The monoisotopic (exact) mass is 296 g/mol. The Hall–Kier alpha value is -1.07. The zero-order valence-electron chi connectivity index (χ0n) is 12.5. The van der Waals surface area contributed by atoms with Crippen LogP contribution in [-0.4, -0.2) is 25.3 Å². The van der Waals surface area contributed by atoms with E-state index in [1.54, 1.807) is 29.4 Å². The van der Waals surface area contributed by atoms with Crippen molar-refractivity contribution in [1.29, 1.82) is 0 Å². The fourth-order valence-electron chi connectivity index (χ4n) is 2.34. The maximum atomic E-state index is 12.8. The molecule has 5 heteroatoms. The van der Waals surface area contributed by atoms with Crippen molar-refractivity contribution in [1.82, 2.24) is 4.31 Å². The van der Waals surface area contributed by atoms with Crippen LogP contribution in [0.3, 0.4) is 0 Å². The second kappa shape index (κ2) is 5.74. The van der Waals surface area contributed by atoms with E-state index in [2.05, 4.69) is 13.8 Å². The van der Waals surface area contributed by atoms with E-state index in [0.717, 1.165) is 24.8 Å². The van der Waals surface area contributed by atoms with Crippen LogP contribution in [-0.2, 0) is 10.0 Å². The highest BCUT2D eigenvalue weighted by molar-refractivity contribution is 7.89. The molecule has 2 rings (SSSR count). The van der Waals surface area contributed by atoms with Crippen molar-refractivity contribution in [2.45, 2.75) is 51.0 Å². The third-order valence-corrected chi connectivity index (χ3v) is 5.78. The van der Waals surface area contributed by atoms with Crippen molar-refractivity contribution in [3.63, 3.8) is 0 Å². The van der Waals surface area contributed by atoms with Crippen LogP contribution in [0.5, 0.6) is 0 Å². The van der Waals surface area contributed by atoms with Crippen LogP contribution in [0.1, 0.15) is 38.7 Å². The summed E-state index contributed by atoms with van der Waals surface area (Å²) in [4.78, 5) is 0.391. The van der Waals surface area contributed by atoms with Crippen LogP contribution in [0.4, 0.5) is 5.69 Å². The molecule has 1 aliphatic rings. The molecule has 0 unspecified atom stereocenters. The van der Waals surface area contributed by atoms with Gasteiger partial charge in [0.2, 0.25) is 10.0 Å². The first-order chi connectivity index (χ1) is 9.32. The first-order valence-electron chi connectivity index (χ1n) is 7.20. The van der Waals surface area contributed by atoms with Crippen molar-refractivity contribution >= 4 is 15.7 Å². The van der Waals surface area contributed by atoms with E-state index in [1.807, 2.05) is 0 Å². The molecular weight excluding hydrogens is 272 g/mol. The molecule has 0 aromatic heterocycles. The molecule has 0 spiro atoms. The lowest BCUT2D eigenvalue weighted by Crippen LogP contribution is -2.35. The molecular formula is C15H24N2O2S. The summed E-state index contributed by atoms with van der Waals surface area (Å²) < 4.78 is 27.4. The lowest BCUT2D eigenvalue weighted by Gasteiger charge is -2.23. The van der Waals surface area contributed by atoms with E-state index in [1.165, 1.54) is 0 Å². The van der Waals surface area contributed by atoms with Gasteiger partial charge in [0.05, 0.1) is 4.90 Å². The van der Waals surface area contributed by atoms with Gasteiger partial charge in [-0.2, -0.15) is 4.31 Å². The number of anilines is 1. The lowest BCUT2D eigenvalue weighted by atomic mass is 10.1. The van der Waals surface area contributed by atoms with E-state index < -0.39 is 10.0 Å². The summed E-state index contributed by atoms with van der Waals surface area (Å²) in [5.41, 5.74) is 7.03. The number of aryl methyl sites for hydroxylation is 1. The van der Waals surface area contributed by atoms with Gasteiger partial charge in [0.15, 0.2) is 0 Å². The van der Waals surface area contributed by atoms with Gasteiger partial charge < -0.3 is 5.73 Å². The standard InChI is InChI=1S/C15H24N2O2S/c1-11(2)8-9-17(14-5-6-14)20(18,19)15-7-4-13(16)10-12(15)3/h4,7,10-11,14H,5-6,8-9,16H2,1-3H3. The first kappa shape index (κ1) is 15.3. The van der Waals surface area contributed by atoms with E-state index in [-0.39, 0.29) is 6.04 Å². The Morgan fingerprint density at radius 3 is 2.50 bits per heavy atom. The van der Waals surface area contributed by atoms with Crippen molar-refractivity contribution in [3.05, 3.63) is 23.8 Å². The van der Waals surface area contributed by atoms with Gasteiger partial charge in [-0.1, -0.05) is 13.8 Å². The summed E-state index contributed by atoms with van der Waals surface area (Å²) in [6.07, 6.45) is 2.85. The van der Waals surface area contributed by atoms with Gasteiger partial charge in [0.1, 0.15) is 0 Å². The Morgan fingerprint density at radius 1 is 1.35 bits per heavy atom. The van der Waals surface area contributed by atoms with E-state index >= 15 is 0 Å². The average Bonchev–Trinajstić information content (AvgIpc) is 3.12. The maximum Gasteiger partial charge on any atom is 0.243 e.